The van der Waals surface area contributed by atoms with Gasteiger partial charge in [0.05, 0.1) is 22.5 Å². The van der Waals surface area contributed by atoms with Gasteiger partial charge in [0.15, 0.2) is 0 Å². The van der Waals surface area contributed by atoms with E-state index in [2.05, 4.69) is 9.71 Å². The van der Waals surface area contributed by atoms with E-state index in [1.54, 1.807) is 36.4 Å². The van der Waals surface area contributed by atoms with E-state index in [9.17, 15) is 13.2 Å². The van der Waals surface area contributed by atoms with Crippen molar-refractivity contribution in [2.24, 2.45) is 0 Å². The Hall–Kier alpha value is -4.14. The molecular formula is C30H26ClN3O4S. The lowest BCUT2D eigenvalue weighted by Gasteiger charge is -2.12. The molecule has 1 heterocycles. The van der Waals surface area contributed by atoms with Gasteiger partial charge in [0.2, 0.25) is 0 Å². The van der Waals surface area contributed by atoms with Crippen LogP contribution in [0, 0.1) is 13.8 Å². The number of carbonyl (C=O) groups excluding carboxylic acids is 1. The van der Waals surface area contributed by atoms with E-state index >= 15 is 0 Å². The highest BCUT2D eigenvalue weighted by molar-refractivity contribution is 7.90. The van der Waals surface area contributed by atoms with Crippen molar-refractivity contribution in [1.29, 1.82) is 0 Å². The lowest BCUT2D eigenvalue weighted by atomic mass is 10.1. The third kappa shape index (κ3) is 5.97. The van der Waals surface area contributed by atoms with Crippen LogP contribution in [0.3, 0.4) is 0 Å². The van der Waals surface area contributed by atoms with Crippen molar-refractivity contribution in [3.8, 4) is 5.75 Å². The van der Waals surface area contributed by atoms with E-state index < -0.39 is 15.9 Å². The van der Waals surface area contributed by atoms with Crippen LogP contribution in [0.4, 0.5) is 0 Å². The summed E-state index contributed by atoms with van der Waals surface area (Å²) in [7, 11) is -4.01. The van der Waals surface area contributed by atoms with Crippen molar-refractivity contribution < 1.29 is 17.9 Å². The van der Waals surface area contributed by atoms with E-state index in [-0.39, 0.29) is 10.5 Å². The summed E-state index contributed by atoms with van der Waals surface area (Å²) in [4.78, 5) is 17.5. The predicted octanol–water partition coefficient (Wildman–Crippen LogP) is 6.05. The Bertz CT molecular complexity index is 1770. The first-order chi connectivity index (χ1) is 18.7. The van der Waals surface area contributed by atoms with Crippen molar-refractivity contribution in [3.05, 3.63) is 124 Å². The maximum atomic E-state index is 12.9. The Balaban J connectivity index is 1.36. The van der Waals surface area contributed by atoms with Gasteiger partial charge in [0, 0.05) is 10.6 Å². The van der Waals surface area contributed by atoms with Crippen molar-refractivity contribution in [1.82, 2.24) is 14.3 Å². The number of halogens is 1. The Morgan fingerprint density at radius 2 is 1.69 bits per heavy atom. The number of ether oxygens (including phenoxy) is 1. The number of aromatic nitrogens is 2. The largest absolute Gasteiger partial charge is 0.489 e. The monoisotopic (exact) mass is 559 g/mol. The summed E-state index contributed by atoms with van der Waals surface area (Å²) in [6.07, 6.45) is 0. The first-order valence-electron chi connectivity index (χ1n) is 12.3. The topological polar surface area (TPSA) is 90.3 Å². The van der Waals surface area contributed by atoms with Crippen LogP contribution in [0.5, 0.6) is 5.75 Å². The quantitative estimate of drug-likeness (QED) is 0.250. The molecule has 1 aromatic heterocycles. The zero-order chi connectivity index (χ0) is 27.6. The van der Waals surface area contributed by atoms with Gasteiger partial charge < -0.3 is 9.30 Å². The Morgan fingerprint density at radius 1 is 0.949 bits per heavy atom. The molecule has 0 spiro atoms. The Kier molecular flexibility index (Phi) is 7.41. The molecule has 1 amide bonds. The first kappa shape index (κ1) is 26.5. The van der Waals surface area contributed by atoms with Crippen molar-refractivity contribution >= 4 is 38.6 Å². The third-order valence-electron chi connectivity index (χ3n) is 6.36. The molecule has 0 aliphatic rings. The van der Waals surface area contributed by atoms with E-state index in [0.717, 1.165) is 22.5 Å². The van der Waals surface area contributed by atoms with Crippen LogP contribution in [-0.4, -0.2) is 23.9 Å². The second-order valence-corrected chi connectivity index (χ2v) is 11.3. The minimum absolute atomic E-state index is 0.0225. The molecule has 0 aliphatic heterocycles. The second-order valence-electron chi connectivity index (χ2n) is 9.22. The van der Waals surface area contributed by atoms with Gasteiger partial charge in [-0.15, -0.1) is 0 Å². The highest BCUT2D eigenvalue weighted by atomic mass is 35.5. The van der Waals surface area contributed by atoms with Crippen molar-refractivity contribution in [2.45, 2.75) is 31.9 Å². The summed E-state index contributed by atoms with van der Waals surface area (Å²) < 4.78 is 35.4. The smallest absolute Gasteiger partial charge is 0.265 e. The molecule has 1 N–H and O–H groups in total. The number of fused-ring (bicyclic) bond motifs is 1. The molecule has 0 fully saturated rings. The minimum atomic E-state index is -4.01. The van der Waals surface area contributed by atoms with Crippen LogP contribution in [0.15, 0.2) is 95.9 Å². The van der Waals surface area contributed by atoms with Gasteiger partial charge in [0.1, 0.15) is 18.2 Å². The molecule has 0 bridgehead atoms. The van der Waals surface area contributed by atoms with Crippen LogP contribution in [0.1, 0.15) is 32.9 Å². The number of hydrogen-bond acceptors (Lipinski definition) is 5. The number of aryl methyl sites for hydroxylation is 2. The molecule has 0 aliphatic carbocycles. The number of rotatable bonds is 8. The maximum Gasteiger partial charge on any atom is 0.265 e. The van der Waals surface area contributed by atoms with E-state index in [1.165, 1.54) is 12.1 Å². The first-order valence-corrected chi connectivity index (χ1v) is 14.1. The number of benzene rings is 4. The molecule has 4 aromatic carbocycles. The summed E-state index contributed by atoms with van der Waals surface area (Å²) in [5.41, 5.74) is 4.41. The number of carbonyl (C=O) groups is 1. The summed E-state index contributed by atoms with van der Waals surface area (Å²) in [6.45, 7) is 4.57. The lowest BCUT2D eigenvalue weighted by molar-refractivity contribution is 0.0981. The molecule has 5 aromatic rings. The third-order valence-corrected chi connectivity index (χ3v) is 8.06. The molecule has 39 heavy (non-hydrogen) atoms. The normalized spacial score (nSPS) is 11.5. The fraction of sp³-hybridized carbons (Fsp3) is 0.133. The summed E-state index contributed by atoms with van der Waals surface area (Å²) >= 11 is 6.61. The molecule has 9 heteroatoms. The number of nitrogens with one attached hydrogen (secondary N) is 1. The fourth-order valence-corrected chi connectivity index (χ4v) is 5.40. The van der Waals surface area contributed by atoms with Gasteiger partial charge in [-0.25, -0.2) is 18.1 Å². The molecule has 5 rings (SSSR count). The molecular weight excluding hydrogens is 534 g/mol. The second kappa shape index (κ2) is 10.9. The molecule has 7 nitrogen and oxygen atoms in total. The zero-order valence-electron chi connectivity index (χ0n) is 21.4. The van der Waals surface area contributed by atoms with Gasteiger partial charge in [0.25, 0.3) is 15.9 Å². The molecule has 0 saturated carbocycles. The molecule has 0 atom stereocenters. The van der Waals surface area contributed by atoms with E-state index in [4.69, 9.17) is 16.3 Å². The van der Waals surface area contributed by atoms with Crippen LogP contribution in [-0.2, 0) is 23.2 Å². The minimum Gasteiger partial charge on any atom is -0.489 e. The highest BCUT2D eigenvalue weighted by Gasteiger charge is 2.20. The predicted molar refractivity (Wildman–Crippen MR) is 152 cm³/mol. The van der Waals surface area contributed by atoms with E-state index in [0.29, 0.717) is 35.0 Å². The van der Waals surface area contributed by atoms with Crippen LogP contribution < -0.4 is 9.46 Å². The molecule has 0 saturated heterocycles. The zero-order valence-corrected chi connectivity index (χ0v) is 23.0. The number of amides is 1. The summed E-state index contributed by atoms with van der Waals surface area (Å²) in [5.74, 6) is 0.671. The van der Waals surface area contributed by atoms with Gasteiger partial charge in [-0.1, -0.05) is 65.7 Å². The Morgan fingerprint density at radius 3 is 2.41 bits per heavy atom. The highest BCUT2D eigenvalue weighted by Crippen LogP contribution is 2.27. The van der Waals surface area contributed by atoms with Crippen LogP contribution in [0.2, 0.25) is 5.02 Å². The number of sulfonamides is 1. The standard InChI is InChI=1S/C30H26ClN3O4S/c1-20-8-13-26(14-9-20)39(36,37)33-30(35)23-11-15-28-29(16-23)34(21(2)32-28)18-24-10-12-25(17-27(24)31)38-19-22-6-4-3-5-7-22/h3-17H,18-19H2,1-2H3,(H,33,35). The number of hydrogen-bond donors (Lipinski definition) is 1. The van der Waals surface area contributed by atoms with Crippen molar-refractivity contribution in [2.75, 3.05) is 0 Å². The average Bonchev–Trinajstić information content (AvgIpc) is 3.23. The number of imidazole rings is 1. The Labute approximate surface area is 232 Å². The van der Waals surface area contributed by atoms with Gasteiger partial charge in [-0.2, -0.15) is 0 Å². The maximum absolute atomic E-state index is 12.9. The summed E-state index contributed by atoms with van der Waals surface area (Å²) in [5, 5.41) is 0.542. The molecule has 0 unspecified atom stereocenters. The SMILES string of the molecule is Cc1ccc(S(=O)(=O)NC(=O)c2ccc3nc(C)n(Cc4ccc(OCc5ccccc5)cc4Cl)c3c2)cc1. The van der Waals surface area contributed by atoms with Gasteiger partial charge in [-0.05, 0) is 67.4 Å². The van der Waals surface area contributed by atoms with Crippen LogP contribution in [0.25, 0.3) is 11.0 Å². The van der Waals surface area contributed by atoms with Crippen LogP contribution >= 0.6 is 11.6 Å². The summed E-state index contributed by atoms with van der Waals surface area (Å²) in [6, 6.07) is 26.6. The van der Waals surface area contributed by atoms with Crippen molar-refractivity contribution in [3.63, 3.8) is 0 Å². The number of nitrogens with zero attached hydrogens (tertiary/aromatic N) is 2. The lowest BCUT2D eigenvalue weighted by Crippen LogP contribution is -2.30. The van der Waals surface area contributed by atoms with E-state index in [1.807, 2.05) is 60.9 Å². The molecule has 198 valence electrons. The average molecular weight is 560 g/mol. The fourth-order valence-electron chi connectivity index (χ4n) is 4.20. The molecule has 0 radical (unpaired) electrons. The van der Waals surface area contributed by atoms with Gasteiger partial charge in [-0.3, -0.25) is 4.79 Å². The van der Waals surface area contributed by atoms with Gasteiger partial charge >= 0.3 is 0 Å².